The molecule has 0 spiro atoms. The van der Waals surface area contributed by atoms with Crippen molar-refractivity contribution in [1.29, 1.82) is 5.26 Å². The first-order valence-electron chi connectivity index (χ1n) is 19.0. The van der Waals surface area contributed by atoms with Crippen LogP contribution < -0.4 is 25.2 Å². The molecule has 0 radical (unpaired) electrons. The van der Waals surface area contributed by atoms with Gasteiger partial charge in [0, 0.05) is 73.3 Å². The molecule has 0 saturated carbocycles. The van der Waals surface area contributed by atoms with Crippen molar-refractivity contribution in [2.24, 2.45) is 0 Å². The summed E-state index contributed by atoms with van der Waals surface area (Å²) in [5.41, 5.74) is 3.16. The van der Waals surface area contributed by atoms with Gasteiger partial charge in [-0.3, -0.25) is 39.2 Å². The Morgan fingerprint density at radius 2 is 1.81 bits per heavy atom. The number of benzene rings is 3. The molecule has 1 atom stereocenters. The highest BCUT2D eigenvalue weighted by Gasteiger charge is 2.50. The molecule has 16 heteroatoms. The largest absolute Gasteiger partial charge is 0.489 e. The molecule has 298 valence electrons. The lowest BCUT2D eigenvalue weighted by molar-refractivity contribution is -0.134. The smallest absolute Gasteiger partial charge is 0.259 e. The number of halogens is 1. The predicted octanol–water partition coefficient (Wildman–Crippen LogP) is 5.57. The molecule has 58 heavy (non-hydrogen) atoms. The molecule has 3 aromatic carbocycles. The molecule has 14 nitrogen and oxygen atoms in total. The number of piperidine rings is 1. The number of fused-ring (bicyclic) bond motifs is 3. The zero-order valence-electron chi connectivity index (χ0n) is 32.1. The van der Waals surface area contributed by atoms with E-state index in [-0.39, 0.29) is 54.1 Å². The van der Waals surface area contributed by atoms with E-state index in [4.69, 9.17) is 25.8 Å². The number of aryl methyl sites for hydroxylation is 1. The van der Waals surface area contributed by atoms with Crippen LogP contribution in [-0.4, -0.2) is 90.0 Å². The van der Waals surface area contributed by atoms with Crippen molar-refractivity contribution in [3.63, 3.8) is 0 Å². The highest BCUT2D eigenvalue weighted by Crippen LogP contribution is 2.41. The number of carbonyl (C=O) groups is 4. The van der Waals surface area contributed by atoms with Crippen molar-refractivity contribution in [2.75, 3.05) is 61.0 Å². The third-order valence-corrected chi connectivity index (χ3v) is 11.5. The molecule has 3 aliphatic rings. The number of amides is 4. The van der Waals surface area contributed by atoms with Gasteiger partial charge < -0.3 is 23.8 Å². The molecule has 3 fully saturated rings. The summed E-state index contributed by atoms with van der Waals surface area (Å²) in [5.74, 6) is -2.18. The van der Waals surface area contributed by atoms with Crippen LogP contribution in [0.3, 0.4) is 0 Å². The normalized spacial score (nSPS) is 18.9. The summed E-state index contributed by atoms with van der Waals surface area (Å²) in [5, 5.41) is 16.3. The first-order valence-corrected chi connectivity index (χ1v) is 19.4. The Hall–Kier alpha value is -6.15. The van der Waals surface area contributed by atoms with E-state index in [9.17, 15) is 24.4 Å². The maximum Gasteiger partial charge on any atom is 0.259 e. The molecule has 0 aliphatic carbocycles. The first kappa shape index (κ1) is 38.7. The number of rotatable bonds is 10. The van der Waals surface area contributed by atoms with Crippen LogP contribution in [0.25, 0.3) is 21.9 Å². The zero-order valence-corrected chi connectivity index (χ0v) is 32.9. The van der Waals surface area contributed by atoms with E-state index in [0.717, 1.165) is 0 Å². The number of anilines is 3. The number of carbonyl (C=O) groups excluding carboxylic acids is 4. The maximum absolute atomic E-state index is 15.5. The Balaban J connectivity index is 0.832. The summed E-state index contributed by atoms with van der Waals surface area (Å²) in [7, 11) is 0. The van der Waals surface area contributed by atoms with Crippen LogP contribution in [0.1, 0.15) is 49.3 Å². The van der Waals surface area contributed by atoms with Crippen molar-refractivity contribution in [3.8, 4) is 11.8 Å². The Labute approximate surface area is 338 Å². The van der Waals surface area contributed by atoms with Crippen molar-refractivity contribution >= 4 is 80.0 Å². The Bertz CT molecular complexity index is 2550. The van der Waals surface area contributed by atoms with Gasteiger partial charge in [-0.25, -0.2) is 4.39 Å². The molecular weight excluding hydrogens is 766 g/mol. The standard InChI is InChI=1S/C42H40FN7O7S/c1-24-18-26(5-4-25(24)21-44)49-40(54)42(2,3)50(41(49)58)27-6-8-33(31(43)19-27)55-17-15-47-11-13-48(14-12-47)22-36(52)45-32-20-34-37(29-10-16-56-38(29)32)30(23-57-34)28-7-9-35(51)46-39(28)53/h4-6,8,10,16,18-20,23,28H,7,9,11-15,17,22H2,1-3H3,(H,45,52)(H,46,51,53). The molecule has 5 aromatic rings. The van der Waals surface area contributed by atoms with E-state index in [1.165, 1.54) is 29.6 Å². The van der Waals surface area contributed by atoms with Gasteiger partial charge in [0.15, 0.2) is 22.3 Å². The third kappa shape index (κ3) is 7.06. The fourth-order valence-corrected chi connectivity index (χ4v) is 8.52. The quantitative estimate of drug-likeness (QED) is 0.133. The molecule has 2 aromatic heterocycles. The molecule has 3 saturated heterocycles. The van der Waals surface area contributed by atoms with Gasteiger partial charge in [0.05, 0.1) is 48.0 Å². The second-order valence-electron chi connectivity index (χ2n) is 15.2. The maximum atomic E-state index is 15.5. The van der Waals surface area contributed by atoms with E-state index in [1.807, 2.05) is 0 Å². The minimum absolute atomic E-state index is 0.0819. The van der Waals surface area contributed by atoms with Gasteiger partial charge in [-0.1, -0.05) is 0 Å². The molecule has 8 rings (SSSR count). The van der Waals surface area contributed by atoms with Gasteiger partial charge in [0.2, 0.25) is 17.7 Å². The van der Waals surface area contributed by atoms with Gasteiger partial charge in [0.25, 0.3) is 5.91 Å². The van der Waals surface area contributed by atoms with E-state index < -0.39 is 17.3 Å². The van der Waals surface area contributed by atoms with Crippen LogP contribution in [0, 0.1) is 24.1 Å². The number of nitriles is 1. The summed E-state index contributed by atoms with van der Waals surface area (Å²) >= 11 is 5.75. The van der Waals surface area contributed by atoms with Crippen LogP contribution in [0.15, 0.2) is 69.9 Å². The summed E-state index contributed by atoms with van der Waals surface area (Å²) in [6.45, 7) is 8.87. The Morgan fingerprint density at radius 3 is 2.53 bits per heavy atom. The van der Waals surface area contributed by atoms with Crippen molar-refractivity contribution < 1.29 is 37.1 Å². The minimum Gasteiger partial charge on any atom is -0.489 e. The highest BCUT2D eigenvalue weighted by molar-refractivity contribution is 7.81. The SMILES string of the molecule is Cc1cc(N2C(=O)C(C)(C)N(c3ccc(OCCN4CCN(CC(=O)Nc5cc6occ(C7CCC(=O)NC7=O)c6c6ccoc56)CC4)c(F)c3)C2=S)ccc1C#N. The van der Waals surface area contributed by atoms with Gasteiger partial charge in [-0.2, -0.15) is 5.26 Å². The summed E-state index contributed by atoms with van der Waals surface area (Å²) in [6.07, 6.45) is 3.68. The summed E-state index contributed by atoms with van der Waals surface area (Å²) in [6, 6.07) is 15.2. The van der Waals surface area contributed by atoms with Crippen molar-refractivity contribution in [2.45, 2.75) is 45.1 Å². The van der Waals surface area contributed by atoms with Gasteiger partial charge >= 0.3 is 0 Å². The van der Waals surface area contributed by atoms with E-state index in [0.29, 0.717) is 94.8 Å². The fraction of sp³-hybridized carbons (Fsp3) is 0.333. The fourth-order valence-electron chi connectivity index (χ4n) is 8.00. The van der Waals surface area contributed by atoms with Crippen LogP contribution in [-0.2, 0) is 19.2 Å². The number of imide groups is 1. The lowest BCUT2D eigenvalue weighted by Crippen LogP contribution is -2.49. The molecule has 5 heterocycles. The van der Waals surface area contributed by atoms with E-state index >= 15 is 4.39 Å². The number of nitrogens with zero attached hydrogens (tertiary/aromatic N) is 5. The number of ether oxygens (including phenoxy) is 1. The first-order chi connectivity index (χ1) is 27.8. The second-order valence-corrected chi connectivity index (χ2v) is 15.6. The molecule has 4 amide bonds. The van der Waals surface area contributed by atoms with Crippen LogP contribution in [0.2, 0.25) is 0 Å². The predicted molar refractivity (Wildman–Crippen MR) is 217 cm³/mol. The van der Waals surface area contributed by atoms with Crippen LogP contribution in [0.4, 0.5) is 21.5 Å². The number of piperazine rings is 1. The van der Waals surface area contributed by atoms with Crippen molar-refractivity contribution in [1.82, 2.24) is 15.1 Å². The van der Waals surface area contributed by atoms with Crippen LogP contribution in [0.5, 0.6) is 5.75 Å². The number of thiocarbonyl (C=S) groups is 1. The number of furan rings is 2. The number of hydrogen-bond donors (Lipinski definition) is 2. The molecule has 0 bridgehead atoms. The molecule has 2 N–H and O–H groups in total. The monoisotopic (exact) mass is 805 g/mol. The van der Waals surface area contributed by atoms with Gasteiger partial charge in [0.1, 0.15) is 17.7 Å². The third-order valence-electron chi connectivity index (χ3n) is 11.1. The summed E-state index contributed by atoms with van der Waals surface area (Å²) < 4.78 is 32.9. The van der Waals surface area contributed by atoms with E-state index in [1.54, 1.807) is 62.1 Å². The van der Waals surface area contributed by atoms with Gasteiger partial charge in [-0.05, 0) is 81.4 Å². The lowest BCUT2D eigenvalue weighted by atomic mass is 9.89. The molecular formula is C42H40FN7O7S. The number of hydrogen-bond acceptors (Lipinski definition) is 11. The van der Waals surface area contributed by atoms with Crippen LogP contribution >= 0.6 is 12.2 Å². The highest BCUT2D eigenvalue weighted by atomic mass is 32.1. The minimum atomic E-state index is -1.10. The summed E-state index contributed by atoms with van der Waals surface area (Å²) in [4.78, 5) is 58.4. The molecule has 1 unspecified atom stereocenters. The average molecular weight is 806 g/mol. The molecule has 3 aliphatic heterocycles. The average Bonchev–Trinajstić information content (AvgIpc) is 3.88. The zero-order chi connectivity index (χ0) is 40.9. The topological polar surface area (TPSA) is 165 Å². The Morgan fingerprint density at radius 1 is 1.05 bits per heavy atom. The lowest BCUT2D eigenvalue weighted by Gasteiger charge is -2.34. The Kier molecular flexibility index (Phi) is 10.2. The number of nitrogens with one attached hydrogen (secondary N) is 2. The second kappa shape index (κ2) is 15.3. The van der Waals surface area contributed by atoms with Crippen molar-refractivity contribution in [3.05, 3.63) is 83.6 Å². The van der Waals surface area contributed by atoms with E-state index in [2.05, 4.69) is 26.5 Å². The van der Waals surface area contributed by atoms with Gasteiger partial charge in [-0.15, -0.1) is 0 Å².